The molecule has 1 aliphatic heterocycles. The Morgan fingerprint density at radius 3 is 2.54 bits per heavy atom. The van der Waals surface area contributed by atoms with E-state index in [2.05, 4.69) is 25.8 Å². The summed E-state index contributed by atoms with van der Waals surface area (Å²) in [5.74, 6) is 0.401. The van der Waals surface area contributed by atoms with Gasteiger partial charge in [-0.25, -0.2) is 9.78 Å². The summed E-state index contributed by atoms with van der Waals surface area (Å²) >= 11 is 13.6. The number of hydrogen-bond donors (Lipinski definition) is 0. The fourth-order valence-electron chi connectivity index (χ4n) is 3.46. The van der Waals surface area contributed by atoms with Crippen LogP contribution in [0, 0.1) is 6.92 Å². The lowest BCUT2D eigenvalue weighted by Crippen LogP contribution is -2.47. The molecular weight excluding hydrogens is 419 g/mol. The van der Waals surface area contributed by atoms with Crippen molar-refractivity contribution in [2.24, 2.45) is 0 Å². The smallest absolute Gasteiger partial charge is 0.348 e. The van der Waals surface area contributed by atoms with E-state index in [0.717, 1.165) is 53.7 Å². The molecule has 0 atom stereocenters. The predicted octanol–water partition coefficient (Wildman–Crippen LogP) is 4.42. The Morgan fingerprint density at radius 1 is 1.14 bits per heavy atom. The van der Waals surface area contributed by atoms with E-state index in [1.54, 1.807) is 0 Å². The molecule has 3 aromatic rings. The number of methoxy groups -OCH3 is 1. The van der Waals surface area contributed by atoms with E-state index in [1.807, 2.05) is 25.1 Å². The molecule has 0 aliphatic carbocycles. The Hall–Kier alpha value is -2.09. The molecule has 3 heterocycles. The maximum Gasteiger partial charge on any atom is 0.348 e. The molecule has 1 aromatic carbocycles. The van der Waals surface area contributed by atoms with Gasteiger partial charge in [0.25, 0.3) is 0 Å². The minimum absolute atomic E-state index is 0.178. The number of aryl methyl sites for hydroxylation is 1. The van der Waals surface area contributed by atoms with Gasteiger partial charge in [0.05, 0.1) is 12.5 Å². The van der Waals surface area contributed by atoms with Gasteiger partial charge < -0.3 is 14.5 Å². The van der Waals surface area contributed by atoms with Crippen molar-refractivity contribution in [1.82, 2.24) is 9.97 Å². The zero-order chi connectivity index (χ0) is 19.8. The topological polar surface area (TPSA) is 58.6 Å². The monoisotopic (exact) mass is 436 g/mol. The highest BCUT2D eigenvalue weighted by Gasteiger charge is 2.26. The molecule has 0 spiro atoms. The number of thiophene rings is 1. The molecule has 0 saturated carbocycles. The Bertz CT molecular complexity index is 1050. The van der Waals surface area contributed by atoms with E-state index in [4.69, 9.17) is 27.9 Å². The molecule has 4 rings (SSSR count). The Kier molecular flexibility index (Phi) is 5.31. The quantitative estimate of drug-likeness (QED) is 0.447. The van der Waals surface area contributed by atoms with Crippen LogP contribution >= 0.6 is 34.5 Å². The first-order chi connectivity index (χ1) is 13.5. The van der Waals surface area contributed by atoms with Crippen molar-refractivity contribution in [2.45, 2.75) is 6.92 Å². The summed E-state index contributed by atoms with van der Waals surface area (Å²) in [6, 6.07) is 7.87. The minimum Gasteiger partial charge on any atom is -0.465 e. The fourth-order valence-corrected chi connectivity index (χ4v) is 4.95. The Labute approximate surface area is 176 Å². The molecule has 1 fully saturated rings. The van der Waals surface area contributed by atoms with Crippen LogP contribution in [-0.4, -0.2) is 49.2 Å². The summed E-state index contributed by atoms with van der Waals surface area (Å²) in [5, 5.41) is 1.77. The standard InChI is InChI=1S/C19H18Cl2N4O2S/c1-11-14-16(22-19(21)23-17(14)28-15(11)18(26)27-2)25-8-6-24(7-9-25)13-5-3-4-12(20)10-13/h3-5,10H,6-9H2,1-2H3. The van der Waals surface area contributed by atoms with Gasteiger partial charge in [-0.15, -0.1) is 11.3 Å². The lowest BCUT2D eigenvalue weighted by atomic mass is 10.1. The van der Waals surface area contributed by atoms with Crippen molar-refractivity contribution in [3.05, 3.63) is 45.0 Å². The number of carbonyl (C=O) groups excluding carboxylic acids is 1. The zero-order valence-electron chi connectivity index (χ0n) is 15.4. The van der Waals surface area contributed by atoms with E-state index >= 15 is 0 Å². The normalized spacial score (nSPS) is 14.6. The number of piperazine rings is 1. The first kappa shape index (κ1) is 19.2. The number of halogens is 2. The fraction of sp³-hybridized carbons (Fsp3) is 0.316. The third kappa shape index (κ3) is 3.50. The number of rotatable bonds is 3. The van der Waals surface area contributed by atoms with Crippen LogP contribution in [0.4, 0.5) is 11.5 Å². The Balaban J connectivity index is 1.65. The minimum atomic E-state index is -0.367. The van der Waals surface area contributed by atoms with Crippen LogP contribution in [0.2, 0.25) is 10.3 Å². The number of carbonyl (C=O) groups is 1. The summed E-state index contributed by atoms with van der Waals surface area (Å²) in [5.41, 5.74) is 1.94. The second-order valence-electron chi connectivity index (χ2n) is 6.50. The van der Waals surface area contributed by atoms with E-state index in [0.29, 0.717) is 9.71 Å². The van der Waals surface area contributed by atoms with E-state index in [-0.39, 0.29) is 11.3 Å². The van der Waals surface area contributed by atoms with Gasteiger partial charge in [-0.05, 0) is 42.3 Å². The molecule has 9 heteroatoms. The third-order valence-electron chi connectivity index (χ3n) is 4.87. The average Bonchev–Trinajstić information content (AvgIpc) is 3.03. The van der Waals surface area contributed by atoms with Crippen LogP contribution in [0.1, 0.15) is 15.2 Å². The summed E-state index contributed by atoms with van der Waals surface area (Å²) in [4.78, 5) is 26.6. The predicted molar refractivity (Wildman–Crippen MR) is 114 cm³/mol. The Morgan fingerprint density at radius 2 is 1.86 bits per heavy atom. The lowest BCUT2D eigenvalue weighted by Gasteiger charge is -2.37. The van der Waals surface area contributed by atoms with Gasteiger partial charge in [0, 0.05) is 36.9 Å². The van der Waals surface area contributed by atoms with Gasteiger partial charge in [0.15, 0.2) is 0 Å². The van der Waals surface area contributed by atoms with Crippen molar-refractivity contribution < 1.29 is 9.53 Å². The summed E-state index contributed by atoms with van der Waals surface area (Å²) in [6.45, 7) is 5.11. The van der Waals surface area contributed by atoms with Crippen LogP contribution < -0.4 is 9.80 Å². The molecule has 0 radical (unpaired) electrons. The second kappa shape index (κ2) is 7.73. The number of nitrogens with zero attached hydrogens (tertiary/aromatic N) is 4. The van der Waals surface area contributed by atoms with Gasteiger partial charge >= 0.3 is 5.97 Å². The summed E-state index contributed by atoms with van der Waals surface area (Å²) in [7, 11) is 1.38. The molecule has 0 amide bonds. The maximum atomic E-state index is 12.1. The van der Waals surface area contributed by atoms with Gasteiger partial charge in [-0.2, -0.15) is 4.98 Å². The van der Waals surface area contributed by atoms with Crippen molar-refractivity contribution >= 4 is 62.2 Å². The SMILES string of the molecule is COC(=O)c1sc2nc(Cl)nc(N3CCN(c4cccc(Cl)c4)CC3)c2c1C. The molecule has 2 aromatic heterocycles. The summed E-state index contributed by atoms with van der Waals surface area (Å²) < 4.78 is 4.89. The summed E-state index contributed by atoms with van der Waals surface area (Å²) in [6.07, 6.45) is 0. The van der Waals surface area contributed by atoms with E-state index in [1.165, 1.54) is 18.4 Å². The van der Waals surface area contributed by atoms with Crippen LogP contribution in [0.15, 0.2) is 24.3 Å². The van der Waals surface area contributed by atoms with Crippen LogP contribution in [0.3, 0.4) is 0 Å². The number of aromatic nitrogens is 2. The molecule has 28 heavy (non-hydrogen) atoms. The molecular formula is C19H18Cl2N4O2S. The third-order valence-corrected chi connectivity index (χ3v) is 6.44. The average molecular weight is 437 g/mol. The van der Waals surface area contributed by atoms with Crippen molar-refractivity contribution in [1.29, 1.82) is 0 Å². The molecule has 0 N–H and O–H groups in total. The molecule has 1 aliphatic rings. The number of benzene rings is 1. The first-order valence-electron chi connectivity index (χ1n) is 8.78. The van der Waals surface area contributed by atoms with Gasteiger partial charge in [-0.1, -0.05) is 17.7 Å². The largest absolute Gasteiger partial charge is 0.465 e. The van der Waals surface area contributed by atoms with Crippen molar-refractivity contribution in [3.8, 4) is 0 Å². The molecule has 0 unspecified atom stereocenters. The number of anilines is 2. The second-order valence-corrected chi connectivity index (χ2v) is 8.27. The van der Waals surface area contributed by atoms with Crippen LogP contribution in [0.5, 0.6) is 0 Å². The number of ether oxygens (including phenoxy) is 1. The number of fused-ring (bicyclic) bond motifs is 1. The highest BCUT2D eigenvalue weighted by atomic mass is 35.5. The molecule has 0 bridgehead atoms. The van der Waals surface area contributed by atoms with E-state index < -0.39 is 0 Å². The van der Waals surface area contributed by atoms with Crippen LogP contribution in [-0.2, 0) is 4.74 Å². The van der Waals surface area contributed by atoms with Gasteiger partial charge in [-0.3, -0.25) is 0 Å². The van der Waals surface area contributed by atoms with Gasteiger partial charge in [0.1, 0.15) is 15.5 Å². The molecule has 146 valence electrons. The first-order valence-corrected chi connectivity index (χ1v) is 10.4. The van der Waals surface area contributed by atoms with E-state index in [9.17, 15) is 4.79 Å². The zero-order valence-corrected chi connectivity index (χ0v) is 17.7. The maximum absolute atomic E-state index is 12.1. The number of hydrogen-bond acceptors (Lipinski definition) is 7. The van der Waals surface area contributed by atoms with Crippen molar-refractivity contribution in [3.63, 3.8) is 0 Å². The molecule has 1 saturated heterocycles. The highest BCUT2D eigenvalue weighted by Crippen LogP contribution is 2.37. The van der Waals surface area contributed by atoms with Crippen LogP contribution in [0.25, 0.3) is 10.2 Å². The number of esters is 1. The molecule has 6 nitrogen and oxygen atoms in total. The van der Waals surface area contributed by atoms with Gasteiger partial charge in [0.2, 0.25) is 5.28 Å². The lowest BCUT2D eigenvalue weighted by molar-refractivity contribution is 0.0605. The highest BCUT2D eigenvalue weighted by molar-refractivity contribution is 7.20. The van der Waals surface area contributed by atoms with Crippen molar-refractivity contribution in [2.75, 3.05) is 43.1 Å².